The van der Waals surface area contributed by atoms with E-state index >= 15 is 0 Å². The highest BCUT2D eigenvalue weighted by Crippen LogP contribution is 2.15. The van der Waals surface area contributed by atoms with Crippen LogP contribution in [0.4, 0.5) is 0 Å². The van der Waals surface area contributed by atoms with Gasteiger partial charge in [0.1, 0.15) is 0 Å². The van der Waals surface area contributed by atoms with Crippen molar-refractivity contribution in [1.29, 1.82) is 0 Å². The fourth-order valence-electron chi connectivity index (χ4n) is 1.99. The molecule has 0 aliphatic rings. The Morgan fingerprint density at radius 1 is 1.48 bits per heavy atom. The predicted molar refractivity (Wildman–Crippen MR) is 114 cm³/mol. The Morgan fingerprint density at radius 2 is 2.09 bits per heavy atom. The van der Waals surface area contributed by atoms with E-state index in [1.54, 1.807) is 7.05 Å². The number of halogens is 2. The zero-order chi connectivity index (χ0) is 16.9. The van der Waals surface area contributed by atoms with E-state index < -0.39 is 10.8 Å². The summed E-state index contributed by atoms with van der Waals surface area (Å²) in [4.78, 5) is 6.35. The third-order valence-corrected chi connectivity index (χ3v) is 5.68. The predicted octanol–water partition coefficient (Wildman–Crippen LogP) is 2.96. The quantitative estimate of drug-likeness (QED) is 0.370. The summed E-state index contributed by atoms with van der Waals surface area (Å²) in [6, 6.07) is 2.10. The monoisotopic (exact) mass is 518 g/mol. The molecule has 0 aromatic carbocycles. The number of aryl methyl sites for hydroxylation is 1. The molecule has 134 valence electrons. The van der Waals surface area contributed by atoms with Crippen LogP contribution in [0.5, 0.6) is 0 Å². The molecule has 1 atom stereocenters. The molecular formula is C15H28BrIN4OS. The van der Waals surface area contributed by atoms with Gasteiger partial charge >= 0.3 is 0 Å². The molecule has 0 radical (unpaired) electrons. The Hall–Kier alpha value is -0.0900. The largest absolute Gasteiger partial charge is 0.355 e. The first kappa shape index (κ1) is 22.9. The molecule has 0 saturated carbocycles. The maximum Gasteiger partial charge on any atom is 0.193 e. The number of guanidine groups is 1. The molecule has 23 heavy (non-hydrogen) atoms. The van der Waals surface area contributed by atoms with Crippen molar-refractivity contribution in [2.45, 2.75) is 32.1 Å². The van der Waals surface area contributed by atoms with Crippen LogP contribution in [0.1, 0.15) is 26.5 Å². The highest BCUT2D eigenvalue weighted by molar-refractivity contribution is 14.0. The summed E-state index contributed by atoms with van der Waals surface area (Å²) in [5, 5.41) is 3.28. The van der Waals surface area contributed by atoms with Gasteiger partial charge in [-0.1, -0.05) is 0 Å². The third kappa shape index (κ3) is 7.55. The van der Waals surface area contributed by atoms with Gasteiger partial charge in [0, 0.05) is 65.4 Å². The number of aromatic nitrogens is 1. The van der Waals surface area contributed by atoms with Gasteiger partial charge < -0.3 is 14.8 Å². The minimum absolute atomic E-state index is 0. The van der Waals surface area contributed by atoms with Crippen molar-refractivity contribution in [3.05, 3.63) is 22.4 Å². The van der Waals surface area contributed by atoms with Crippen LogP contribution in [-0.4, -0.2) is 50.8 Å². The van der Waals surface area contributed by atoms with Crippen molar-refractivity contribution in [2.24, 2.45) is 12.0 Å². The molecule has 1 unspecified atom stereocenters. The normalized spacial score (nSPS) is 13.4. The van der Waals surface area contributed by atoms with Crippen LogP contribution in [-0.2, 0) is 24.4 Å². The molecule has 0 spiro atoms. The van der Waals surface area contributed by atoms with Crippen LogP contribution in [0.15, 0.2) is 21.7 Å². The first-order chi connectivity index (χ1) is 10.1. The van der Waals surface area contributed by atoms with Crippen molar-refractivity contribution in [2.75, 3.05) is 26.4 Å². The Kier molecular flexibility index (Phi) is 9.99. The molecular weight excluding hydrogens is 491 g/mol. The average Bonchev–Trinajstić information content (AvgIpc) is 2.71. The van der Waals surface area contributed by atoms with Crippen LogP contribution >= 0.6 is 39.9 Å². The summed E-state index contributed by atoms with van der Waals surface area (Å²) in [5.41, 5.74) is 1.19. The summed E-state index contributed by atoms with van der Waals surface area (Å²) in [6.07, 6.45) is 2.03. The second-order valence-corrected chi connectivity index (χ2v) is 9.49. The number of rotatable bonds is 5. The van der Waals surface area contributed by atoms with E-state index in [1.807, 2.05) is 41.1 Å². The molecule has 1 rings (SSSR count). The topological polar surface area (TPSA) is 49.6 Å². The minimum Gasteiger partial charge on any atom is -0.355 e. The van der Waals surface area contributed by atoms with Gasteiger partial charge in [-0.25, -0.2) is 0 Å². The van der Waals surface area contributed by atoms with E-state index in [0.29, 0.717) is 12.3 Å². The van der Waals surface area contributed by atoms with Crippen molar-refractivity contribution in [3.8, 4) is 0 Å². The summed E-state index contributed by atoms with van der Waals surface area (Å²) >= 11 is 3.48. The third-order valence-electron chi connectivity index (χ3n) is 3.30. The first-order valence-electron chi connectivity index (χ1n) is 7.26. The number of aliphatic imine (C=N–C) groups is 1. The highest BCUT2D eigenvalue weighted by Gasteiger charge is 2.19. The first-order valence-corrected chi connectivity index (χ1v) is 9.37. The van der Waals surface area contributed by atoms with Gasteiger partial charge in [0.15, 0.2) is 5.96 Å². The van der Waals surface area contributed by atoms with E-state index in [0.717, 1.165) is 17.0 Å². The molecule has 8 heteroatoms. The second kappa shape index (κ2) is 10.0. The summed E-state index contributed by atoms with van der Waals surface area (Å²) in [5.74, 6) is 1.43. The maximum absolute atomic E-state index is 12.1. The fraction of sp³-hybridized carbons (Fsp3) is 0.667. The van der Waals surface area contributed by atoms with Gasteiger partial charge in [-0.05, 0) is 42.8 Å². The van der Waals surface area contributed by atoms with Crippen LogP contribution in [0.3, 0.4) is 0 Å². The molecule has 0 saturated heterocycles. The van der Waals surface area contributed by atoms with Crippen LogP contribution in [0.2, 0.25) is 0 Å². The van der Waals surface area contributed by atoms with Crippen molar-refractivity contribution in [1.82, 2.24) is 14.8 Å². The molecule has 1 aromatic heterocycles. The standard InChI is InChI=1S/C15H27BrN4OS.HI/c1-15(2,3)22(21)8-7-18-14(17-4)20(6)11-13-9-12(16)10-19(13)5;/h9-10H,7-8,11H2,1-6H3,(H,17,18);1H. The molecule has 1 N–H and O–H groups in total. The van der Waals surface area contributed by atoms with E-state index in [1.165, 1.54) is 5.69 Å². The molecule has 1 heterocycles. The van der Waals surface area contributed by atoms with Gasteiger partial charge in [0.25, 0.3) is 0 Å². The SMILES string of the molecule is CN=C(NCCS(=O)C(C)(C)C)N(C)Cc1cc(Br)cn1C.I. The molecule has 0 aliphatic heterocycles. The lowest BCUT2D eigenvalue weighted by Crippen LogP contribution is -2.41. The summed E-state index contributed by atoms with van der Waals surface area (Å²) in [6.45, 7) is 7.40. The van der Waals surface area contributed by atoms with Crippen LogP contribution in [0, 0.1) is 0 Å². The molecule has 1 aromatic rings. The van der Waals surface area contributed by atoms with E-state index in [9.17, 15) is 4.21 Å². The van der Waals surface area contributed by atoms with Crippen molar-refractivity contribution in [3.63, 3.8) is 0 Å². The van der Waals surface area contributed by atoms with Crippen molar-refractivity contribution >= 4 is 56.7 Å². The second-order valence-electron chi connectivity index (χ2n) is 6.25. The fourth-order valence-corrected chi connectivity index (χ4v) is 3.46. The smallest absolute Gasteiger partial charge is 0.193 e. The molecule has 0 aliphatic carbocycles. The summed E-state index contributed by atoms with van der Waals surface area (Å²) < 4.78 is 15.0. The van der Waals surface area contributed by atoms with Gasteiger partial charge in [0.2, 0.25) is 0 Å². The van der Waals surface area contributed by atoms with E-state index in [4.69, 9.17) is 0 Å². The minimum atomic E-state index is -0.854. The van der Waals surface area contributed by atoms with Gasteiger partial charge in [-0.2, -0.15) is 0 Å². The van der Waals surface area contributed by atoms with E-state index in [-0.39, 0.29) is 28.7 Å². The number of nitrogens with zero attached hydrogens (tertiary/aromatic N) is 3. The Balaban J connectivity index is 0.00000484. The lowest BCUT2D eigenvalue weighted by Gasteiger charge is -2.23. The molecule has 0 amide bonds. The average molecular weight is 519 g/mol. The Labute approximate surface area is 167 Å². The Bertz CT molecular complexity index is 554. The van der Waals surface area contributed by atoms with E-state index in [2.05, 4.69) is 41.8 Å². The molecule has 0 fully saturated rings. The number of nitrogens with one attached hydrogen (secondary N) is 1. The maximum atomic E-state index is 12.1. The van der Waals surface area contributed by atoms with Crippen LogP contribution < -0.4 is 5.32 Å². The molecule has 5 nitrogen and oxygen atoms in total. The van der Waals surface area contributed by atoms with Gasteiger partial charge in [0.05, 0.1) is 6.54 Å². The Morgan fingerprint density at radius 3 is 2.52 bits per heavy atom. The summed E-state index contributed by atoms with van der Waals surface area (Å²) in [7, 11) is 4.93. The molecule has 0 bridgehead atoms. The van der Waals surface area contributed by atoms with Gasteiger partial charge in [-0.15, -0.1) is 24.0 Å². The zero-order valence-electron chi connectivity index (χ0n) is 14.7. The van der Waals surface area contributed by atoms with Crippen LogP contribution in [0.25, 0.3) is 0 Å². The van der Waals surface area contributed by atoms with Crippen molar-refractivity contribution < 1.29 is 4.21 Å². The lowest BCUT2D eigenvalue weighted by molar-refractivity contribution is 0.464. The van der Waals surface area contributed by atoms with Gasteiger partial charge in [-0.3, -0.25) is 9.20 Å². The zero-order valence-corrected chi connectivity index (χ0v) is 19.5. The number of hydrogen-bond donors (Lipinski definition) is 1. The highest BCUT2D eigenvalue weighted by atomic mass is 127. The lowest BCUT2D eigenvalue weighted by atomic mass is 10.3. The number of hydrogen-bond acceptors (Lipinski definition) is 2.